The maximum atomic E-state index is 11.9. The molecule has 18 heavy (non-hydrogen) atoms. The van der Waals surface area contributed by atoms with E-state index in [1.54, 1.807) is 7.05 Å². The van der Waals surface area contributed by atoms with Crippen molar-refractivity contribution in [2.24, 2.45) is 24.8 Å². The van der Waals surface area contributed by atoms with Crippen molar-refractivity contribution < 1.29 is 4.79 Å². The minimum absolute atomic E-state index is 0.112. The summed E-state index contributed by atoms with van der Waals surface area (Å²) in [6.45, 7) is 0. The number of hydrogen-bond acceptors (Lipinski definition) is 5. The van der Waals surface area contributed by atoms with E-state index in [1.165, 1.54) is 23.4 Å². The molecule has 2 N–H and O–H groups in total. The van der Waals surface area contributed by atoms with Crippen LogP contribution in [0.1, 0.15) is 5.56 Å². The third kappa shape index (κ3) is 1.99. The Morgan fingerprint density at radius 1 is 1.39 bits per heavy atom. The third-order valence-electron chi connectivity index (χ3n) is 2.66. The number of hydrogen-bond donors (Lipinski definition) is 1. The zero-order chi connectivity index (χ0) is 13.4. The van der Waals surface area contributed by atoms with E-state index in [9.17, 15) is 14.4 Å². The molecular formula is C10H12N4O3S. The van der Waals surface area contributed by atoms with Gasteiger partial charge in [0.2, 0.25) is 5.91 Å². The molecule has 0 fully saturated rings. The lowest BCUT2D eigenvalue weighted by Gasteiger charge is -2.05. The summed E-state index contributed by atoms with van der Waals surface area (Å²) in [4.78, 5) is 38.5. The summed E-state index contributed by atoms with van der Waals surface area (Å²) in [6, 6.07) is 0. The van der Waals surface area contributed by atoms with Gasteiger partial charge in [-0.1, -0.05) is 0 Å². The van der Waals surface area contributed by atoms with Crippen LogP contribution in [0.3, 0.4) is 0 Å². The number of amides is 1. The van der Waals surface area contributed by atoms with E-state index in [2.05, 4.69) is 4.99 Å². The number of fused-ring (bicyclic) bond motifs is 1. The summed E-state index contributed by atoms with van der Waals surface area (Å²) in [7, 11) is 2.99. The van der Waals surface area contributed by atoms with Crippen LogP contribution in [-0.2, 0) is 25.3 Å². The highest BCUT2D eigenvalue weighted by atomic mass is 32.2. The lowest BCUT2D eigenvalue weighted by atomic mass is 10.2. The summed E-state index contributed by atoms with van der Waals surface area (Å²) in [5.41, 5.74) is 4.77. The fourth-order valence-electron chi connectivity index (χ4n) is 1.75. The van der Waals surface area contributed by atoms with Crippen molar-refractivity contribution in [1.82, 2.24) is 9.13 Å². The van der Waals surface area contributed by atoms with Gasteiger partial charge in [-0.15, -0.1) is 11.8 Å². The minimum Gasteiger partial charge on any atom is -0.369 e. The molecule has 2 rings (SSSR count). The van der Waals surface area contributed by atoms with Crippen molar-refractivity contribution in [3.05, 3.63) is 26.4 Å². The van der Waals surface area contributed by atoms with Crippen molar-refractivity contribution in [1.29, 1.82) is 0 Å². The Morgan fingerprint density at radius 3 is 2.67 bits per heavy atom. The summed E-state index contributed by atoms with van der Waals surface area (Å²) in [6.07, 6.45) is 0.341. The number of carbonyl (C=O) groups excluding carboxylic acids is 1. The number of rotatable bonds is 2. The predicted molar refractivity (Wildman–Crippen MR) is 69.4 cm³/mol. The van der Waals surface area contributed by atoms with Crippen LogP contribution in [0.4, 0.5) is 5.82 Å². The molecule has 0 saturated carbocycles. The molecular weight excluding hydrogens is 256 g/mol. The number of aromatic nitrogens is 2. The molecule has 1 amide bonds. The Morgan fingerprint density at radius 2 is 2.06 bits per heavy atom. The van der Waals surface area contributed by atoms with Crippen molar-refractivity contribution >= 4 is 28.5 Å². The second-order valence-corrected chi connectivity index (χ2v) is 4.99. The van der Waals surface area contributed by atoms with Gasteiger partial charge in [-0.3, -0.25) is 18.7 Å². The molecule has 0 bridgehead atoms. The van der Waals surface area contributed by atoms with E-state index in [0.29, 0.717) is 22.8 Å². The molecule has 1 aliphatic heterocycles. The molecule has 7 nitrogen and oxygen atoms in total. The standard InChI is InChI=1S/C10H12N4O3S/c1-13-8-5(9(16)14(2)10(13)17)3-7(12-8)18-4-6(11)15/h3-4H2,1-2H3,(H2,11,15). The van der Waals surface area contributed by atoms with Gasteiger partial charge in [0, 0.05) is 20.5 Å². The van der Waals surface area contributed by atoms with E-state index < -0.39 is 11.6 Å². The first-order valence-electron chi connectivity index (χ1n) is 5.19. The lowest BCUT2D eigenvalue weighted by molar-refractivity contribution is -0.115. The first kappa shape index (κ1) is 12.6. The van der Waals surface area contributed by atoms with Crippen LogP contribution in [0, 0.1) is 0 Å². The number of primary amides is 1. The maximum Gasteiger partial charge on any atom is 0.332 e. The van der Waals surface area contributed by atoms with Gasteiger partial charge in [-0.25, -0.2) is 9.79 Å². The smallest absolute Gasteiger partial charge is 0.332 e. The lowest BCUT2D eigenvalue weighted by Crippen LogP contribution is -2.38. The van der Waals surface area contributed by atoms with Crippen LogP contribution in [0.2, 0.25) is 0 Å². The number of thioether (sulfide) groups is 1. The van der Waals surface area contributed by atoms with Crippen LogP contribution in [0.15, 0.2) is 14.6 Å². The zero-order valence-electron chi connectivity index (χ0n) is 9.97. The number of nitrogens with zero attached hydrogens (tertiary/aromatic N) is 3. The Kier molecular flexibility index (Phi) is 3.12. The van der Waals surface area contributed by atoms with Gasteiger partial charge in [0.25, 0.3) is 5.56 Å². The predicted octanol–water partition coefficient (Wildman–Crippen LogP) is -1.11. The first-order chi connectivity index (χ1) is 8.41. The molecule has 0 radical (unpaired) electrons. The Bertz CT molecular complexity index is 671. The van der Waals surface area contributed by atoms with Crippen LogP contribution in [0.5, 0.6) is 0 Å². The monoisotopic (exact) mass is 268 g/mol. The van der Waals surface area contributed by atoms with E-state index in [0.717, 1.165) is 4.57 Å². The average molecular weight is 268 g/mol. The van der Waals surface area contributed by atoms with Gasteiger partial charge in [0.15, 0.2) is 0 Å². The molecule has 1 aliphatic rings. The zero-order valence-corrected chi connectivity index (χ0v) is 10.8. The SMILES string of the molecule is Cn1c2c(c(=O)n(C)c1=O)CC(SCC(N)=O)=N2. The van der Waals surface area contributed by atoms with Crippen LogP contribution in [0.25, 0.3) is 0 Å². The molecule has 2 heterocycles. The van der Waals surface area contributed by atoms with Crippen LogP contribution >= 0.6 is 11.8 Å². The number of nitrogens with two attached hydrogens (primary N) is 1. The Balaban J connectivity index is 2.42. The largest absolute Gasteiger partial charge is 0.369 e. The van der Waals surface area contributed by atoms with Gasteiger partial charge >= 0.3 is 5.69 Å². The molecule has 0 saturated heterocycles. The summed E-state index contributed by atoms with van der Waals surface area (Å²) < 4.78 is 2.38. The van der Waals surface area contributed by atoms with Crippen molar-refractivity contribution in [3.63, 3.8) is 0 Å². The highest BCUT2D eigenvalue weighted by Crippen LogP contribution is 2.25. The quantitative estimate of drug-likeness (QED) is 0.735. The van der Waals surface area contributed by atoms with Gasteiger partial charge in [-0.05, 0) is 0 Å². The normalized spacial score (nSPS) is 13.3. The van der Waals surface area contributed by atoms with E-state index >= 15 is 0 Å². The molecule has 96 valence electrons. The Labute approximate surface area is 106 Å². The molecule has 0 aromatic carbocycles. The molecule has 0 aliphatic carbocycles. The molecule has 1 aromatic heterocycles. The Hall–Kier alpha value is -1.83. The van der Waals surface area contributed by atoms with Crippen LogP contribution in [-0.4, -0.2) is 25.8 Å². The van der Waals surface area contributed by atoms with Gasteiger partial charge < -0.3 is 5.73 Å². The van der Waals surface area contributed by atoms with Crippen LogP contribution < -0.4 is 17.0 Å². The third-order valence-corrected chi connectivity index (χ3v) is 3.66. The fraction of sp³-hybridized carbons (Fsp3) is 0.400. The summed E-state index contributed by atoms with van der Waals surface area (Å²) in [5.74, 6) is 0.0386. The molecule has 0 spiro atoms. The molecule has 8 heteroatoms. The molecule has 1 aromatic rings. The van der Waals surface area contributed by atoms with Gasteiger partial charge in [0.1, 0.15) is 5.82 Å². The average Bonchev–Trinajstić information content (AvgIpc) is 2.75. The topological polar surface area (TPSA) is 99.5 Å². The highest BCUT2D eigenvalue weighted by Gasteiger charge is 2.23. The summed E-state index contributed by atoms with van der Waals surface area (Å²) in [5, 5.41) is 0.627. The molecule has 0 unspecified atom stereocenters. The maximum absolute atomic E-state index is 11.9. The number of carbonyl (C=O) groups is 1. The fourth-order valence-corrected chi connectivity index (χ4v) is 2.45. The first-order valence-corrected chi connectivity index (χ1v) is 6.18. The van der Waals surface area contributed by atoms with E-state index in [-0.39, 0.29) is 11.3 Å². The summed E-state index contributed by atoms with van der Waals surface area (Å²) >= 11 is 1.19. The van der Waals surface area contributed by atoms with Gasteiger partial charge in [-0.2, -0.15) is 0 Å². The molecule has 0 atom stereocenters. The minimum atomic E-state index is -0.444. The number of aliphatic imine (C=N–C) groups is 1. The van der Waals surface area contributed by atoms with Crippen molar-refractivity contribution in [2.45, 2.75) is 6.42 Å². The highest BCUT2D eigenvalue weighted by molar-refractivity contribution is 8.14. The van der Waals surface area contributed by atoms with Crippen molar-refractivity contribution in [3.8, 4) is 0 Å². The van der Waals surface area contributed by atoms with E-state index in [1.807, 2.05) is 0 Å². The second kappa shape index (κ2) is 4.45. The van der Waals surface area contributed by atoms with E-state index in [4.69, 9.17) is 5.73 Å². The second-order valence-electron chi connectivity index (χ2n) is 3.95. The van der Waals surface area contributed by atoms with Gasteiger partial charge in [0.05, 0.1) is 16.4 Å². The van der Waals surface area contributed by atoms with Crippen molar-refractivity contribution in [2.75, 3.05) is 5.75 Å².